The number of isocyanates is 2. The summed E-state index contributed by atoms with van der Waals surface area (Å²) in [5, 5.41) is 19.1. The molecule has 23 heavy (non-hydrogen) atoms. The van der Waals surface area contributed by atoms with Gasteiger partial charge in [0.15, 0.2) is 0 Å². The molecule has 2 atom stereocenters. The highest BCUT2D eigenvalue weighted by atomic mass is 16.4. The normalized spacial score (nSPS) is 28.2. The highest BCUT2D eigenvalue weighted by Crippen LogP contribution is 2.67. The number of hydrogen-bond acceptors (Lipinski definition) is 6. The minimum absolute atomic E-state index is 0.0903. The molecule has 0 aromatic heterocycles. The first-order valence-corrected chi connectivity index (χ1v) is 7.21. The van der Waals surface area contributed by atoms with Crippen molar-refractivity contribution in [2.45, 2.75) is 32.1 Å². The van der Waals surface area contributed by atoms with E-state index in [4.69, 9.17) is 0 Å². The highest BCUT2D eigenvalue weighted by molar-refractivity contribution is 6.02. The third-order valence-corrected chi connectivity index (χ3v) is 5.03. The van der Waals surface area contributed by atoms with Crippen molar-refractivity contribution in [3.05, 3.63) is 11.1 Å². The van der Waals surface area contributed by atoms with Gasteiger partial charge in [0, 0.05) is 10.8 Å². The van der Waals surface area contributed by atoms with Crippen molar-refractivity contribution >= 4 is 24.1 Å². The van der Waals surface area contributed by atoms with Crippen LogP contribution in [0.25, 0.3) is 0 Å². The maximum absolute atomic E-state index is 11.7. The van der Waals surface area contributed by atoms with E-state index in [0.717, 1.165) is 0 Å². The van der Waals surface area contributed by atoms with Crippen molar-refractivity contribution in [2.75, 3.05) is 13.1 Å². The Bertz CT molecular complexity index is 615. The number of aliphatic imine (C=N–C) groups is 2. The van der Waals surface area contributed by atoms with E-state index < -0.39 is 22.8 Å². The minimum atomic E-state index is -1.25. The molecular weight excluding hydrogens is 304 g/mol. The molecule has 2 aliphatic rings. The van der Waals surface area contributed by atoms with E-state index in [0.29, 0.717) is 32.1 Å². The molecule has 2 N–H and O–H groups in total. The molecule has 0 radical (unpaired) electrons. The van der Waals surface area contributed by atoms with Crippen LogP contribution in [0.5, 0.6) is 0 Å². The molecule has 0 amide bonds. The fraction of sp³-hybridized carbons (Fsp3) is 0.600. The van der Waals surface area contributed by atoms with Gasteiger partial charge in [-0.25, -0.2) is 29.2 Å². The molecule has 1 saturated carbocycles. The van der Waals surface area contributed by atoms with Crippen molar-refractivity contribution in [1.29, 1.82) is 0 Å². The molecule has 2 aliphatic carbocycles. The van der Waals surface area contributed by atoms with Gasteiger partial charge < -0.3 is 10.2 Å². The fourth-order valence-corrected chi connectivity index (χ4v) is 4.24. The van der Waals surface area contributed by atoms with Gasteiger partial charge in [-0.05, 0) is 32.1 Å². The maximum Gasteiger partial charge on any atom is 0.332 e. The summed E-state index contributed by atoms with van der Waals surface area (Å²) in [5.41, 5.74) is -1.78. The zero-order chi connectivity index (χ0) is 17.1. The van der Waals surface area contributed by atoms with Crippen LogP contribution in [0.15, 0.2) is 21.1 Å². The average molecular weight is 320 g/mol. The number of fused-ring (bicyclic) bond motifs is 2. The first kappa shape index (κ1) is 16.8. The first-order valence-electron chi connectivity index (χ1n) is 7.21. The molecule has 8 heteroatoms. The lowest BCUT2D eigenvalue weighted by Gasteiger charge is -2.29. The molecule has 8 nitrogen and oxygen atoms in total. The van der Waals surface area contributed by atoms with Crippen LogP contribution < -0.4 is 0 Å². The monoisotopic (exact) mass is 320 g/mol. The van der Waals surface area contributed by atoms with Gasteiger partial charge in [0.05, 0.1) is 24.2 Å². The predicted molar refractivity (Wildman–Crippen MR) is 76.2 cm³/mol. The van der Waals surface area contributed by atoms with Gasteiger partial charge in [0.1, 0.15) is 0 Å². The molecule has 2 rings (SSSR count). The topological polar surface area (TPSA) is 133 Å². The fourth-order valence-electron chi connectivity index (χ4n) is 4.24. The molecule has 0 spiro atoms. The summed E-state index contributed by atoms with van der Waals surface area (Å²) in [5.74, 6) is -2.50. The van der Waals surface area contributed by atoms with Crippen molar-refractivity contribution in [1.82, 2.24) is 0 Å². The SMILES string of the molecule is O=C=NCCC12CCC(CCN=C=O)(C1)C(C(=O)O)=C2C(=O)O. The van der Waals surface area contributed by atoms with Gasteiger partial charge in [-0.2, -0.15) is 0 Å². The number of hydrogen-bond donors (Lipinski definition) is 2. The lowest BCUT2D eigenvalue weighted by Crippen LogP contribution is -2.29. The number of aliphatic carboxylic acids is 2. The number of nitrogens with zero attached hydrogens (tertiary/aromatic N) is 2. The van der Waals surface area contributed by atoms with Gasteiger partial charge in [0.25, 0.3) is 0 Å². The van der Waals surface area contributed by atoms with Gasteiger partial charge in [-0.1, -0.05) is 0 Å². The van der Waals surface area contributed by atoms with E-state index in [9.17, 15) is 29.4 Å². The minimum Gasteiger partial charge on any atom is -0.478 e. The summed E-state index contributed by atoms with van der Waals surface area (Å²) >= 11 is 0. The molecule has 2 unspecified atom stereocenters. The second-order valence-corrected chi connectivity index (χ2v) is 6.04. The third-order valence-electron chi connectivity index (χ3n) is 5.03. The molecule has 1 fully saturated rings. The Kier molecular flexibility index (Phi) is 4.59. The van der Waals surface area contributed by atoms with E-state index in [-0.39, 0.29) is 24.2 Å². The Balaban J connectivity index is 2.47. The van der Waals surface area contributed by atoms with Crippen molar-refractivity contribution in [2.24, 2.45) is 20.8 Å². The second-order valence-electron chi connectivity index (χ2n) is 6.04. The lowest BCUT2D eigenvalue weighted by atomic mass is 9.74. The third kappa shape index (κ3) is 2.74. The highest BCUT2D eigenvalue weighted by Gasteiger charge is 2.62. The number of carbonyl (C=O) groups excluding carboxylic acids is 2. The van der Waals surface area contributed by atoms with E-state index in [1.54, 1.807) is 0 Å². The standard InChI is InChI=1S/C15H16N2O6/c18-8-16-5-3-14-1-2-15(7-14,4-6-17-9-19)11(13(22)23)10(14)12(20)21/h1-7H2,(H,20,21)(H,22,23). The van der Waals surface area contributed by atoms with Crippen LogP contribution in [0, 0.1) is 10.8 Å². The summed E-state index contributed by atoms with van der Waals surface area (Å²) in [7, 11) is 0. The van der Waals surface area contributed by atoms with Crippen LogP contribution in [-0.4, -0.2) is 47.4 Å². The quantitative estimate of drug-likeness (QED) is 0.507. The number of rotatable bonds is 8. The Morgan fingerprint density at radius 2 is 1.30 bits per heavy atom. The Morgan fingerprint density at radius 3 is 1.61 bits per heavy atom. The molecule has 0 aliphatic heterocycles. The first-order chi connectivity index (χ1) is 10.9. The predicted octanol–water partition coefficient (Wildman–Crippen LogP) is 1.07. The Morgan fingerprint density at radius 1 is 0.913 bits per heavy atom. The lowest BCUT2D eigenvalue weighted by molar-refractivity contribution is -0.137. The van der Waals surface area contributed by atoms with Gasteiger partial charge in [-0.3, -0.25) is 0 Å². The van der Waals surface area contributed by atoms with Crippen LogP contribution in [0.3, 0.4) is 0 Å². The molecule has 122 valence electrons. The van der Waals surface area contributed by atoms with Gasteiger partial charge >= 0.3 is 11.9 Å². The van der Waals surface area contributed by atoms with Crippen molar-refractivity contribution < 1.29 is 29.4 Å². The average Bonchev–Trinajstić information content (AvgIpc) is 2.99. The van der Waals surface area contributed by atoms with E-state index in [1.807, 2.05) is 0 Å². The summed E-state index contributed by atoms with van der Waals surface area (Å²) in [6.45, 7) is 0.214. The summed E-state index contributed by atoms with van der Waals surface area (Å²) in [6.07, 6.45) is 4.81. The second kappa shape index (κ2) is 6.28. The van der Waals surface area contributed by atoms with Crippen LogP contribution in [0.1, 0.15) is 32.1 Å². The number of carbonyl (C=O) groups is 2. The Hall–Kier alpha value is -2.56. The van der Waals surface area contributed by atoms with Crippen LogP contribution in [0.4, 0.5) is 0 Å². The molecule has 0 aromatic carbocycles. The molecule has 0 aromatic rings. The smallest absolute Gasteiger partial charge is 0.332 e. The largest absolute Gasteiger partial charge is 0.478 e. The molecule has 0 saturated heterocycles. The van der Waals surface area contributed by atoms with Crippen molar-refractivity contribution in [3.8, 4) is 0 Å². The summed E-state index contributed by atoms with van der Waals surface area (Å²) in [6, 6.07) is 0. The number of carboxylic acids is 2. The van der Waals surface area contributed by atoms with Crippen LogP contribution >= 0.6 is 0 Å². The van der Waals surface area contributed by atoms with Crippen LogP contribution in [0.2, 0.25) is 0 Å². The van der Waals surface area contributed by atoms with Gasteiger partial charge in [-0.15, -0.1) is 0 Å². The summed E-state index contributed by atoms with van der Waals surface area (Å²) in [4.78, 5) is 50.8. The van der Waals surface area contributed by atoms with E-state index >= 15 is 0 Å². The number of carboxylic acid groups (broad SMARTS) is 2. The van der Waals surface area contributed by atoms with E-state index in [2.05, 4.69) is 9.98 Å². The zero-order valence-corrected chi connectivity index (χ0v) is 12.4. The van der Waals surface area contributed by atoms with Gasteiger partial charge in [0.2, 0.25) is 12.2 Å². The molecule has 2 bridgehead atoms. The van der Waals surface area contributed by atoms with E-state index in [1.165, 1.54) is 12.2 Å². The van der Waals surface area contributed by atoms with Crippen LogP contribution in [-0.2, 0) is 19.2 Å². The summed E-state index contributed by atoms with van der Waals surface area (Å²) < 4.78 is 0. The van der Waals surface area contributed by atoms with Crippen molar-refractivity contribution in [3.63, 3.8) is 0 Å². The molecular formula is C15H16N2O6. The maximum atomic E-state index is 11.7. The Labute approximate surface area is 131 Å². The molecule has 0 heterocycles. The zero-order valence-electron chi connectivity index (χ0n) is 12.4.